The Kier molecular flexibility index (Phi) is 17.4. The predicted molar refractivity (Wildman–Crippen MR) is 127 cm³/mol. The molecule has 1 fully saturated rings. The minimum absolute atomic E-state index is 0.391. The lowest BCUT2D eigenvalue weighted by molar-refractivity contribution is -0.894. The van der Waals surface area contributed by atoms with Crippen molar-refractivity contribution >= 4 is 16.3 Å². The third kappa shape index (κ3) is 19.7. The Labute approximate surface area is 192 Å². The number of rotatable bonds is 15. The normalized spacial score (nSPS) is 16.0. The van der Waals surface area contributed by atoms with Crippen molar-refractivity contribution in [2.45, 2.75) is 96.8 Å². The highest BCUT2D eigenvalue weighted by Crippen LogP contribution is 2.14. The maximum atomic E-state index is 12.2. The monoisotopic (exact) mass is 465 g/mol. The van der Waals surface area contributed by atoms with Gasteiger partial charge in [0.15, 0.2) is 0 Å². The molecule has 1 amide bonds. The van der Waals surface area contributed by atoms with E-state index >= 15 is 0 Å². The minimum Gasteiger partial charge on any atom is -0.331 e. The zero-order valence-electron chi connectivity index (χ0n) is 20.6. The molecule has 0 aliphatic carbocycles. The first kappa shape index (κ1) is 30.3. The average Bonchev–Trinajstić information content (AvgIpc) is 2.71. The first-order valence-electron chi connectivity index (χ1n) is 12.2. The van der Waals surface area contributed by atoms with E-state index in [0.29, 0.717) is 5.91 Å². The van der Waals surface area contributed by atoms with E-state index in [1.165, 1.54) is 77.0 Å². The van der Waals surface area contributed by atoms with Crippen molar-refractivity contribution in [1.82, 2.24) is 4.90 Å². The first-order chi connectivity index (χ1) is 14.6. The molecule has 0 bridgehead atoms. The molecule has 186 valence electrons. The van der Waals surface area contributed by atoms with Crippen LogP contribution in [0, 0.1) is 0 Å². The maximum Gasteiger partial charge on any atom is 0.397 e. The van der Waals surface area contributed by atoms with E-state index in [1.54, 1.807) is 0 Å². The van der Waals surface area contributed by atoms with E-state index in [9.17, 15) is 13.2 Å². The van der Waals surface area contributed by atoms with Crippen LogP contribution in [0.15, 0.2) is 0 Å². The molecule has 1 aliphatic heterocycles. The van der Waals surface area contributed by atoms with Gasteiger partial charge in [0, 0.05) is 6.42 Å². The van der Waals surface area contributed by atoms with Crippen LogP contribution in [0.5, 0.6) is 0 Å². The van der Waals surface area contributed by atoms with Gasteiger partial charge in [0.05, 0.1) is 47.4 Å². The van der Waals surface area contributed by atoms with Crippen molar-refractivity contribution in [2.24, 2.45) is 0 Å². The van der Waals surface area contributed by atoms with Gasteiger partial charge in [-0.3, -0.25) is 13.5 Å². The van der Waals surface area contributed by atoms with Gasteiger partial charge in [-0.05, 0) is 6.42 Å². The number of piperazine rings is 1. The smallest absolute Gasteiger partial charge is 0.331 e. The molecule has 0 saturated carbocycles. The van der Waals surface area contributed by atoms with Gasteiger partial charge < -0.3 is 9.38 Å². The summed E-state index contributed by atoms with van der Waals surface area (Å²) >= 11 is 0. The molecule has 7 nitrogen and oxygen atoms in total. The van der Waals surface area contributed by atoms with Crippen LogP contribution in [0.25, 0.3) is 0 Å². The lowest BCUT2D eigenvalue weighted by atomic mass is 10.0. The van der Waals surface area contributed by atoms with E-state index in [2.05, 4.69) is 30.1 Å². The molecule has 1 aliphatic rings. The van der Waals surface area contributed by atoms with Gasteiger partial charge in [0.1, 0.15) is 0 Å². The number of carbonyl (C=O) groups is 1. The Hall–Kier alpha value is -0.700. The Balaban J connectivity index is 0.00000131. The van der Waals surface area contributed by atoms with Crippen LogP contribution in [0.2, 0.25) is 0 Å². The van der Waals surface area contributed by atoms with Crippen molar-refractivity contribution in [3.8, 4) is 0 Å². The molecule has 1 rings (SSSR count). The zero-order chi connectivity index (χ0) is 23.6. The Bertz CT molecular complexity index is 542. The molecule has 31 heavy (non-hydrogen) atoms. The number of hydrogen-bond acceptors (Lipinski definition) is 4. The second-order valence-electron chi connectivity index (χ2n) is 9.35. The number of unbranched alkanes of at least 4 members (excludes halogenated alkanes) is 12. The molecule has 0 radical (unpaired) electrons. The van der Waals surface area contributed by atoms with Gasteiger partial charge in [-0.2, -0.15) is 8.42 Å². The van der Waals surface area contributed by atoms with Crippen LogP contribution in [-0.2, 0) is 19.4 Å². The summed E-state index contributed by atoms with van der Waals surface area (Å²) < 4.78 is 30.8. The van der Waals surface area contributed by atoms with Gasteiger partial charge >= 0.3 is 10.4 Å². The minimum atomic E-state index is -4.16. The summed E-state index contributed by atoms with van der Waals surface area (Å²) in [5.74, 6) is 0.391. The lowest BCUT2D eigenvalue weighted by Crippen LogP contribution is -2.56. The summed E-state index contributed by atoms with van der Waals surface area (Å²) in [7, 11) is 1.22. The highest BCUT2D eigenvalue weighted by molar-refractivity contribution is 7.80. The second kappa shape index (κ2) is 17.8. The highest BCUT2D eigenvalue weighted by atomic mass is 32.3. The van der Waals surface area contributed by atoms with Gasteiger partial charge in [-0.15, -0.1) is 0 Å². The van der Waals surface area contributed by atoms with Crippen LogP contribution < -0.4 is 0 Å². The summed E-state index contributed by atoms with van der Waals surface area (Å²) in [6, 6.07) is 0. The fourth-order valence-electron chi connectivity index (χ4n) is 3.71. The summed E-state index contributed by atoms with van der Waals surface area (Å²) in [6.45, 7) is 6.38. The van der Waals surface area contributed by atoms with Crippen molar-refractivity contribution in [1.29, 1.82) is 0 Å². The van der Waals surface area contributed by atoms with Gasteiger partial charge in [0.25, 0.3) is 0 Å². The molecule has 0 spiro atoms. The standard InChI is InChI=1S/C22H45N2O.CH4O4S/c1-4-5-6-7-8-9-10-11-12-13-14-15-16-17-22(25)23-18-20-24(2,3)21-19-23;1-5-6(2,3)4/h4-21H2,1-3H3;1H3,(H,2,3,4)/q+1;. The van der Waals surface area contributed by atoms with E-state index in [4.69, 9.17) is 4.55 Å². The average molecular weight is 466 g/mol. The van der Waals surface area contributed by atoms with Crippen LogP contribution in [0.1, 0.15) is 96.8 Å². The Morgan fingerprint density at radius 1 is 0.839 bits per heavy atom. The summed E-state index contributed by atoms with van der Waals surface area (Å²) in [4.78, 5) is 14.3. The number of amides is 1. The van der Waals surface area contributed by atoms with Crippen LogP contribution in [0.4, 0.5) is 0 Å². The van der Waals surface area contributed by atoms with Gasteiger partial charge in [-0.25, -0.2) is 0 Å². The van der Waals surface area contributed by atoms with Crippen molar-refractivity contribution in [2.75, 3.05) is 47.4 Å². The highest BCUT2D eigenvalue weighted by Gasteiger charge is 2.26. The zero-order valence-corrected chi connectivity index (χ0v) is 21.4. The molecule has 0 aromatic rings. The third-order valence-corrected chi connectivity index (χ3v) is 6.43. The molecule has 1 heterocycles. The first-order valence-corrected chi connectivity index (χ1v) is 13.6. The van der Waals surface area contributed by atoms with Crippen LogP contribution >= 0.6 is 0 Å². The molecular weight excluding hydrogens is 416 g/mol. The second-order valence-corrected chi connectivity index (χ2v) is 10.5. The number of nitrogens with zero attached hydrogens (tertiary/aromatic N) is 2. The van der Waals surface area contributed by atoms with E-state index in [1.807, 2.05) is 0 Å². The Morgan fingerprint density at radius 3 is 1.55 bits per heavy atom. The third-order valence-electron chi connectivity index (χ3n) is 6.01. The molecule has 1 N–H and O–H groups in total. The largest absolute Gasteiger partial charge is 0.397 e. The molecule has 1 saturated heterocycles. The van der Waals surface area contributed by atoms with E-state index in [-0.39, 0.29) is 0 Å². The van der Waals surface area contributed by atoms with Crippen LogP contribution in [0.3, 0.4) is 0 Å². The fraction of sp³-hybridized carbons (Fsp3) is 0.957. The molecule has 0 aromatic heterocycles. The topological polar surface area (TPSA) is 83.9 Å². The molecule has 0 unspecified atom stereocenters. The van der Waals surface area contributed by atoms with E-state index < -0.39 is 10.4 Å². The van der Waals surface area contributed by atoms with Crippen molar-refractivity contribution in [3.63, 3.8) is 0 Å². The van der Waals surface area contributed by atoms with Crippen LogP contribution in [-0.4, -0.2) is 75.6 Å². The van der Waals surface area contributed by atoms with Crippen molar-refractivity contribution < 1.29 is 26.4 Å². The quantitative estimate of drug-likeness (QED) is 0.213. The number of hydrogen-bond donors (Lipinski definition) is 1. The lowest BCUT2D eigenvalue weighted by Gasteiger charge is -2.39. The van der Waals surface area contributed by atoms with Gasteiger partial charge in [0.2, 0.25) is 5.91 Å². The van der Waals surface area contributed by atoms with Crippen molar-refractivity contribution in [3.05, 3.63) is 0 Å². The summed E-state index contributed by atoms with van der Waals surface area (Å²) in [6.07, 6.45) is 18.5. The SMILES string of the molecule is CCCCCCCCCCCCCCCC(=O)N1CC[N+](C)(C)CC1.COS(=O)(=O)O. The number of carbonyl (C=O) groups excluding carboxylic acids is 1. The predicted octanol–water partition coefficient (Wildman–Crippen LogP) is 4.82. The summed E-state index contributed by atoms with van der Waals surface area (Å²) in [5, 5.41) is 0. The van der Waals surface area contributed by atoms with Gasteiger partial charge in [-0.1, -0.05) is 84.0 Å². The maximum absolute atomic E-state index is 12.2. The van der Waals surface area contributed by atoms with E-state index in [0.717, 1.165) is 50.6 Å². The molecule has 8 heteroatoms. The fourth-order valence-corrected chi connectivity index (χ4v) is 3.71. The molecular formula is C23H49N2O5S+. The number of likely N-dealkylation sites (N-methyl/N-ethyl adjacent to an activating group) is 1. The summed E-state index contributed by atoms with van der Waals surface area (Å²) in [5.41, 5.74) is 0. The number of quaternary nitrogens is 1. The Morgan fingerprint density at radius 2 is 1.19 bits per heavy atom. The molecule has 0 aromatic carbocycles. The molecule has 0 atom stereocenters.